The van der Waals surface area contributed by atoms with Crippen LogP contribution in [0.1, 0.15) is 25.6 Å². The van der Waals surface area contributed by atoms with Gasteiger partial charge in [-0.2, -0.15) is 0 Å². The third-order valence-electron chi connectivity index (χ3n) is 2.78. The number of hydrogen-bond acceptors (Lipinski definition) is 1. The van der Waals surface area contributed by atoms with Crippen LogP contribution in [0.4, 0.5) is 4.39 Å². The number of hydrogen-bond donors (Lipinski definition) is 1. The predicted molar refractivity (Wildman–Crippen MR) is 67.7 cm³/mol. The molecule has 0 saturated carbocycles. The van der Waals surface area contributed by atoms with Gasteiger partial charge in [-0.25, -0.2) is 4.39 Å². The van der Waals surface area contributed by atoms with Gasteiger partial charge in [-0.15, -0.1) is 0 Å². The van der Waals surface area contributed by atoms with Crippen molar-refractivity contribution in [2.75, 3.05) is 6.54 Å². The van der Waals surface area contributed by atoms with E-state index in [0.29, 0.717) is 17.1 Å². The van der Waals surface area contributed by atoms with Gasteiger partial charge in [-0.1, -0.05) is 49.2 Å². The molecule has 0 aromatic heterocycles. The van der Waals surface area contributed by atoms with Gasteiger partial charge in [0, 0.05) is 11.5 Å². The van der Waals surface area contributed by atoms with E-state index in [1.165, 1.54) is 0 Å². The van der Waals surface area contributed by atoms with E-state index in [9.17, 15) is 4.39 Å². The Labute approximate surface area is 106 Å². The summed E-state index contributed by atoms with van der Waals surface area (Å²) in [6, 6.07) is 5.00. The molecule has 2 N–H and O–H groups in total. The van der Waals surface area contributed by atoms with Gasteiger partial charge in [-0.05, 0) is 18.5 Å². The summed E-state index contributed by atoms with van der Waals surface area (Å²) in [5.74, 6) is -0.0778. The lowest BCUT2D eigenvalue weighted by Gasteiger charge is -2.24. The van der Waals surface area contributed by atoms with Crippen molar-refractivity contribution < 1.29 is 4.39 Å². The Morgan fingerprint density at radius 2 is 1.94 bits per heavy atom. The van der Waals surface area contributed by atoms with E-state index >= 15 is 0 Å². The lowest BCUT2D eigenvalue weighted by molar-refractivity contribution is 0.189. The normalized spacial score (nSPS) is 15.2. The number of alkyl halides is 1. The van der Waals surface area contributed by atoms with Crippen LogP contribution in [0.25, 0.3) is 0 Å². The van der Waals surface area contributed by atoms with Gasteiger partial charge < -0.3 is 5.73 Å². The van der Waals surface area contributed by atoms with E-state index in [-0.39, 0.29) is 16.9 Å². The minimum Gasteiger partial charge on any atom is -0.330 e. The van der Waals surface area contributed by atoms with Crippen LogP contribution < -0.4 is 5.73 Å². The maximum Gasteiger partial charge on any atom is 0.131 e. The van der Waals surface area contributed by atoms with Gasteiger partial charge in [0.05, 0.1) is 10.0 Å². The number of nitrogens with two attached hydrogens (primary N) is 1. The summed E-state index contributed by atoms with van der Waals surface area (Å²) in [6.45, 7) is 4.19. The van der Waals surface area contributed by atoms with E-state index in [2.05, 4.69) is 0 Å². The molecule has 2 unspecified atom stereocenters. The zero-order chi connectivity index (χ0) is 12.3. The van der Waals surface area contributed by atoms with E-state index in [1.54, 1.807) is 18.2 Å². The molecule has 16 heavy (non-hydrogen) atoms. The van der Waals surface area contributed by atoms with Gasteiger partial charge in [0.1, 0.15) is 6.17 Å². The molecule has 0 aliphatic heterocycles. The second-order valence-electron chi connectivity index (χ2n) is 4.19. The lowest BCUT2D eigenvalue weighted by atomic mass is 9.87. The van der Waals surface area contributed by atoms with Gasteiger partial charge in [0.2, 0.25) is 0 Å². The molecule has 0 saturated heterocycles. The molecule has 0 heterocycles. The SMILES string of the molecule is CC(C)C(CN)C(F)c1cccc(Cl)c1Cl. The minimum absolute atomic E-state index is 0.162. The van der Waals surface area contributed by atoms with Gasteiger partial charge in [0.15, 0.2) is 0 Å². The first-order valence-corrected chi connectivity index (χ1v) is 6.02. The Balaban J connectivity index is 3.03. The Kier molecular flexibility index (Phi) is 5.03. The Hall–Kier alpha value is -0.310. The Morgan fingerprint density at radius 1 is 1.31 bits per heavy atom. The molecule has 90 valence electrons. The molecule has 0 fully saturated rings. The van der Waals surface area contributed by atoms with Crippen LogP contribution >= 0.6 is 23.2 Å². The van der Waals surface area contributed by atoms with Gasteiger partial charge in [-0.3, -0.25) is 0 Å². The smallest absolute Gasteiger partial charge is 0.131 e. The van der Waals surface area contributed by atoms with Crippen LogP contribution in [0.15, 0.2) is 18.2 Å². The molecule has 0 aliphatic carbocycles. The maximum absolute atomic E-state index is 14.3. The van der Waals surface area contributed by atoms with Crippen molar-refractivity contribution in [3.05, 3.63) is 33.8 Å². The predicted octanol–water partition coefficient (Wildman–Crippen LogP) is 4.23. The molecule has 0 aliphatic rings. The van der Waals surface area contributed by atoms with Crippen molar-refractivity contribution in [1.29, 1.82) is 0 Å². The first-order chi connectivity index (χ1) is 7.49. The summed E-state index contributed by atoms with van der Waals surface area (Å²) in [5.41, 5.74) is 6.01. The zero-order valence-electron chi connectivity index (χ0n) is 9.38. The molecule has 1 aromatic carbocycles. The van der Waals surface area contributed by atoms with Crippen molar-refractivity contribution in [2.45, 2.75) is 20.0 Å². The summed E-state index contributed by atoms with van der Waals surface area (Å²) in [4.78, 5) is 0. The summed E-state index contributed by atoms with van der Waals surface area (Å²) < 4.78 is 14.3. The summed E-state index contributed by atoms with van der Waals surface area (Å²) in [5, 5.41) is 0.664. The minimum atomic E-state index is -1.17. The van der Waals surface area contributed by atoms with Crippen LogP contribution in [0.3, 0.4) is 0 Å². The van der Waals surface area contributed by atoms with Crippen molar-refractivity contribution in [1.82, 2.24) is 0 Å². The fourth-order valence-electron chi connectivity index (χ4n) is 1.69. The standard InChI is InChI=1S/C12H16Cl2FN/c1-7(2)9(6-16)12(15)8-4-3-5-10(13)11(8)14/h3-5,7,9,12H,6,16H2,1-2H3. The molecule has 0 spiro atoms. The molecule has 1 nitrogen and oxygen atoms in total. The van der Waals surface area contributed by atoms with E-state index in [1.807, 2.05) is 13.8 Å². The van der Waals surface area contributed by atoms with Crippen LogP contribution in [-0.4, -0.2) is 6.54 Å². The average molecular weight is 264 g/mol. The Bertz CT molecular complexity index is 355. The van der Waals surface area contributed by atoms with Crippen molar-refractivity contribution in [2.24, 2.45) is 17.6 Å². The molecule has 1 rings (SSSR count). The van der Waals surface area contributed by atoms with Gasteiger partial charge >= 0.3 is 0 Å². The monoisotopic (exact) mass is 263 g/mol. The number of benzene rings is 1. The van der Waals surface area contributed by atoms with Crippen LogP contribution in [0, 0.1) is 11.8 Å². The molecule has 2 atom stereocenters. The van der Waals surface area contributed by atoms with Crippen molar-refractivity contribution in [3.63, 3.8) is 0 Å². The summed E-state index contributed by atoms with van der Waals surface area (Å²) in [7, 11) is 0. The first kappa shape index (κ1) is 13.8. The summed E-state index contributed by atoms with van der Waals surface area (Å²) in [6.07, 6.45) is -1.17. The molecule has 0 amide bonds. The third kappa shape index (κ3) is 2.88. The highest BCUT2D eigenvalue weighted by atomic mass is 35.5. The second-order valence-corrected chi connectivity index (χ2v) is 4.97. The fraction of sp³-hybridized carbons (Fsp3) is 0.500. The second kappa shape index (κ2) is 5.85. The third-order valence-corrected chi connectivity index (χ3v) is 3.62. The highest BCUT2D eigenvalue weighted by molar-refractivity contribution is 6.42. The molecule has 1 aromatic rings. The van der Waals surface area contributed by atoms with Crippen LogP contribution in [0.2, 0.25) is 10.0 Å². The quantitative estimate of drug-likeness (QED) is 0.865. The number of halogens is 3. The Morgan fingerprint density at radius 3 is 2.44 bits per heavy atom. The zero-order valence-corrected chi connectivity index (χ0v) is 10.9. The first-order valence-electron chi connectivity index (χ1n) is 5.27. The molecule has 4 heteroatoms. The molecule has 0 bridgehead atoms. The van der Waals surface area contributed by atoms with Gasteiger partial charge in [0.25, 0.3) is 0 Å². The van der Waals surface area contributed by atoms with Crippen molar-refractivity contribution >= 4 is 23.2 Å². The highest BCUT2D eigenvalue weighted by Gasteiger charge is 2.26. The molecular weight excluding hydrogens is 248 g/mol. The number of rotatable bonds is 4. The van der Waals surface area contributed by atoms with E-state index in [4.69, 9.17) is 28.9 Å². The van der Waals surface area contributed by atoms with E-state index in [0.717, 1.165) is 0 Å². The fourth-order valence-corrected chi connectivity index (χ4v) is 2.11. The topological polar surface area (TPSA) is 26.0 Å². The maximum atomic E-state index is 14.3. The van der Waals surface area contributed by atoms with E-state index < -0.39 is 6.17 Å². The van der Waals surface area contributed by atoms with Crippen LogP contribution in [0.5, 0.6) is 0 Å². The van der Waals surface area contributed by atoms with Crippen LogP contribution in [-0.2, 0) is 0 Å². The summed E-state index contributed by atoms with van der Waals surface area (Å²) >= 11 is 11.8. The highest BCUT2D eigenvalue weighted by Crippen LogP contribution is 2.37. The molecule has 0 radical (unpaired) electrons. The lowest BCUT2D eigenvalue weighted by Crippen LogP contribution is -2.24. The van der Waals surface area contributed by atoms with Crippen molar-refractivity contribution in [3.8, 4) is 0 Å². The molecular formula is C12H16Cl2FN. The average Bonchev–Trinajstić information content (AvgIpc) is 2.22. The largest absolute Gasteiger partial charge is 0.330 e.